The average Bonchev–Trinajstić information content (AvgIpc) is 1.94. The molecular formula is C11H19NO4S. The molecule has 1 aliphatic rings. The second kappa shape index (κ2) is 4.10. The molecule has 98 valence electrons. The lowest BCUT2D eigenvalue weighted by molar-refractivity contribution is -0.132. The summed E-state index contributed by atoms with van der Waals surface area (Å²) in [5.74, 6) is -0.828. The van der Waals surface area contributed by atoms with E-state index in [4.69, 9.17) is 0 Å². The fourth-order valence-electron chi connectivity index (χ4n) is 2.34. The molecule has 6 heteroatoms. The van der Waals surface area contributed by atoms with Gasteiger partial charge >= 0.3 is 16.3 Å². The lowest BCUT2D eigenvalue weighted by Gasteiger charge is -2.46. The monoisotopic (exact) mass is 261 g/mol. The van der Waals surface area contributed by atoms with E-state index in [-0.39, 0.29) is 0 Å². The first-order chi connectivity index (χ1) is 7.49. The first kappa shape index (κ1) is 14.2. The molecule has 0 fully saturated rings. The minimum atomic E-state index is -4.07. The first-order valence-electron chi connectivity index (χ1n) is 5.42. The molecule has 0 unspecified atom stereocenters. The van der Waals surface area contributed by atoms with Crippen molar-refractivity contribution in [1.82, 2.24) is 4.31 Å². The third kappa shape index (κ3) is 2.87. The van der Waals surface area contributed by atoms with Crippen LogP contribution in [0, 0.1) is 0 Å². The molecule has 1 heterocycles. The summed E-state index contributed by atoms with van der Waals surface area (Å²) in [6.07, 6.45) is 4.33. The second-order valence-corrected chi connectivity index (χ2v) is 6.76. The van der Waals surface area contributed by atoms with Gasteiger partial charge in [-0.3, -0.25) is 4.79 Å². The first-order valence-corrected chi connectivity index (χ1v) is 6.79. The van der Waals surface area contributed by atoms with Crippen molar-refractivity contribution < 1.29 is 17.4 Å². The van der Waals surface area contributed by atoms with Crippen molar-refractivity contribution >= 4 is 16.3 Å². The average molecular weight is 261 g/mol. The van der Waals surface area contributed by atoms with E-state index < -0.39 is 27.4 Å². The fraction of sp³-hybridized carbons (Fsp3) is 0.727. The lowest BCUT2D eigenvalue weighted by Crippen LogP contribution is -2.59. The van der Waals surface area contributed by atoms with Gasteiger partial charge in [0.2, 0.25) is 0 Å². The quantitative estimate of drug-likeness (QED) is 0.708. The summed E-state index contributed by atoms with van der Waals surface area (Å²) in [5, 5.41) is 0. The van der Waals surface area contributed by atoms with Crippen LogP contribution in [0.1, 0.15) is 41.0 Å². The van der Waals surface area contributed by atoms with Crippen molar-refractivity contribution in [2.24, 2.45) is 0 Å². The Labute approximate surface area is 103 Å². The van der Waals surface area contributed by atoms with E-state index in [0.29, 0.717) is 6.42 Å². The van der Waals surface area contributed by atoms with Gasteiger partial charge < -0.3 is 4.18 Å². The largest absolute Gasteiger partial charge is 0.388 e. The topological polar surface area (TPSA) is 63.7 Å². The molecule has 0 radical (unpaired) electrons. The van der Waals surface area contributed by atoms with Crippen molar-refractivity contribution in [1.29, 1.82) is 0 Å². The molecule has 0 saturated heterocycles. The van der Waals surface area contributed by atoms with Crippen molar-refractivity contribution in [3.63, 3.8) is 0 Å². The second-order valence-electron chi connectivity index (χ2n) is 5.37. The van der Waals surface area contributed by atoms with Crippen LogP contribution in [0.2, 0.25) is 0 Å². The summed E-state index contributed by atoms with van der Waals surface area (Å²) in [5.41, 5.74) is -1.33. The number of carbonyl (C=O) groups is 1. The molecule has 0 aromatic carbocycles. The molecule has 0 N–H and O–H groups in total. The minimum Gasteiger partial charge on any atom is -0.334 e. The zero-order valence-electron chi connectivity index (χ0n) is 10.9. The highest BCUT2D eigenvalue weighted by atomic mass is 32.2. The van der Waals surface area contributed by atoms with Gasteiger partial charge in [-0.1, -0.05) is 12.2 Å². The zero-order chi connectivity index (χ0) is 13.5. The van der Waals surface area contributed by atoms with Crippen LogP contribution in [0.3, 0.4) is 0 Å². The van der Waals surface area contributed by atoms with Crippen molar-refractivity contribution in [3.05, 3.63) is 12.2 Å². The lowest BCUT2D eigenvalue weighted by atomic mass is 9.88. The molecule has 0 aromatic heterocycles. The van der Waals surface area contributed by atoms with E-state index >= 15 is 0 Å². The number of nitrogens with zero attached hydrogens (tertiary/aromatic N) is 1. The molecule has 0 bridgehead atoms. The van der Waals surface area contributed by atoms with Gasteiger partial charge in [0.05, 0.1) is 5.54 Å². The fourth-order valence-corrected chi connectivity index (χ4v) is 4.03. The highest BCUT2D eigenvalue weighted by Gasteiger charge is 2.47. The van der Waals surface area contributed by atoms with Crippen molar-refractivity contribution in [2.45, 2.75) is 52.1 Å². The Bertz CT molecular complexity index is 448. The standard InChI is InChI=1S/C11H19NO4S/c1-9(13)16-17(14,15)12-10(2,3)7-6-8-11(12,4)5/h6-7H,8H2,1-5H3. The van der Waals surface area contributed by atoms with Gasteiger partial charge in [-0.15, -0.1) is 0 Å². The summed E-state index contributed by atoms with van der Waals surface area (Å²) < 4.78 is 29.9. The molecule has 1 aliphatic heterocycles. The molecule has 0 saturated carbocycles. The van der Waals surface area contributed by atoms with Crippen LogP contribution in [0.5, 0.6) is 0 Å². The summed E-state index contributed by atoms with van der Waals surface area (Å²) in [6, 6.07) is 0. The van der Waals surface area contributed by atoms with Crippen LogP contribution in [-0.2, 0) is 19.3 Å². The Hall–Kier alpha value is -0.880. The molecule has 0 aromatic rings. The van der Waals surface area contributed by atoms with E-state index in [0.717, 1.165) is 6.92 Å². The Morgan fingerprint density at radius 1 is 1.29 bits per heavy atom. The Kier molecular flexibility index (Phi) is 3.42. The van der Waals surface area contributed by atoms with Crippen molar-refractivity contribution in [2.75, 3.05) is 0 Å². The van der Waals surface area contributed by atoms with E-state index in [1.54, 1.807) is 33.8 Å². The highest BCUT2D eigenvalue weighted by molar-refractivity contribution is 7.84. The predicted octanol–water partition coefficient (Wildman–Crippen LogP) is 1.61. The maximum atomic E-state index is 12.1. The Balaban J connectivity index is 3.25. The number of hydrogen-bond acceptors (Lipinski definition) is 4. The zero-order valence-corrected chi connectivity index (χ0v) is 11.7. The normalized spacial score (nSPS) is 23.4. The van der Waals surface area contributed by atoms with Gasteiger partial charge in [0.25, 0.3) is 0 Å². The number of rotatable bonds is 2. The summed E-state index contributed by atoms with van der Waals surface area (Å²) in [4.78, 5) is 10.9. The van der Waals surface area contributed by atoms with E-state index in [2.05, 4.69) is 4.18 Å². The minimum absolute atomic E-state index is 0.580. The van der Waals surface area contributed by atoms with E-state index in [1.807, 2.05) is 6.08 Å². The van der Waals surface area contributed by atoms with Crippen LogP contribution >= 0.6 is 0 Å². The van der Waals surface area contributed by atoms with Gasteiger partial charge in [-0.2, -0.15) is 12.7 Å². The molecule has 0 spiro atoms. The van der Waals surface area contributed by atoms with Crippen LogP contribution in [-0.4, -0.2) is 29.8 Å². The Morgan fingerprint density at radius 2 is 1.82 bits per heavy atom. The predicted molar refractivity (Wildman–Crippen MR) is 64.4 cm³/mol. The number of carbonyl (C=O) groups excluding carboxylic acids is 1. The molecule has 0 amide bonds. The summed E-state index contributed by atoms with van der Waals surface area (Å²) in [7, 11) is -4.07. The molecular weight excluding hydrogens is 242 g/mol. The number of hydrogen-bond donors (Lipinski definition) is 0. The van der Waals surface area contributed by atoms with Crippen LogP contribution in [0.15, 0.2) is 12.2 Å². The molecule has 17 heavy (non-hydrogen) atoms. The molecule has 0 atom stereocenters. The van der Waals surface area contributed by atoms with Crippen LogP contribution < -0.4 is 0 Å². The van der Waals surface area contributed by atoms with Gasteiger partial charge in [-0.05, 0) is 34.1 Å². The SMILES string of the molecule is CC(=O)OS(=O)(=O)N1C(C)(C)C=CCC1(C)C. The van der Waals surface area contributed by atoms with Crippen molar-refractivity contribution in [3.8, 4) is 0 Å². The van der Waals surface area contributed by atoms with Gasteiger partial charge in [0.1, 0.15) is 0 Å². The van der Waals surface area contributed by atoms with E-state index in [1.165, 1.54) is 4.31 Å². The van der Waals surface area contributed by atoms with Crippen LogP contribution in [0.25, 0.3) is 0 Å². The summed E-state index contributed by atoms with van der Waals surface area (Å²) >= 11 is 0. The third-order valence-corrected chi connectivity index (χ3v) is 4.52. The highest BCUT2D eigenvalue weighted by Crippen LogP contribution is 2.36. The summed E-state index contributed by atoms with van der Waals surface area (Å²) in [6.45, 7) is 8.23. The maximum Gasteiger partial charge on any atom is 0.388 e. The maximum absolute atomic E-state index is 12.1. The molecule has 1 rings (SSSR count). The van der Waals surface area contributed by atoms with Crippen LogP contribution in [0.4, 0.5) is 0 Å². The van der Waals surface area contributed by atoms with E-state index in [9.17, 15) is 13.2 Å². The Morgan fingerprint density at radius 3 is 2.24 bits per heavy atom. The molecule has 5 nitrogen and oxygen atoms in total. The van der Waals surface area contributed by atoms with Gasteiger partial charge in [0, 0.05) is 12.5 Å². The smallest absolute Gasteiger partial charge is 0.334 e. The third-order valence-electron chi connectivity index (χ3n) is 2.66. The van der Waals surface area contributed by atoms with Gasteiger partial charge in [-0.25, -0.2) is 0 Å². The van der Waals surface area contributed by atoms with Gasteiger partial charge in [0.15, 0.2) is 0 Å². The molecule has 0 aliphatic carbocycles.